The van der Waals surface area contributed by atoms with Crippen LogP contribution in [0, 0.1) is 0 Å². The molecular weight excluding hydrogens is 596 g/mol. The number of nitrogens with one attached hydrogen (secondary N) is 2. The van der Waals surface area contributed by atoms with E-state index >= 15 is 0 Å². The Hall–Kier alpha value is -5.35. The number of carbonyl (C=O) groups excluding carboxylic acids is 1. The predicted molar refractivity (Wildman–Crippen MR) is 179 cm³/mol. The first-order chi connectivity index (χ1) is 23.1. The van der Waals surface area contributed by atoms with Crippen LogP contribution in [0.5, 0.6) is 11.5 Å². The Morgan fingerprint density at radius 1 is 1.00 bits per heavy atom. The Morgan fingerprint density at radius 2 is 1.72 bits per heavy atom. The minimum atomic E-state index is -1.43. The number of benzene rings is 4. The standard InChI is InChI=1S/C36H38N6O5/c1-45-32-15-8-6-12-27(32)20-21-38-41-35(44)36(24-26-10-3-2-4-11-26)33(31-14-7-5-13-29(31)25-39-42-37)47-34(40-36)28-16-18-30(19-17-28)46-23-9-22-43/h2-8,10-19,33,38,43H,9,20-25H2,1H3,(H,41,44)/t33-,36-/m0/s1. The van der Waals surface area contributed by atoms with Gasteiger partial charge in [-0.25, -0.2) is 10.4 Å². The second-order valence-corrected chi connectivity index (χ2v) is 11.0. The third-order valence-electron chi connectivity index (χ3n) is 7.90. The van der Waals surface area contributed by atoms with Gasteiger partial charge in [-0.2, -0.15) is 0 Å². The number of hydrogen-bond acceptors (Lipinski definition) is 8. The molecule has 1 heterocycles. The monoisotopic (exact) mass is 634 g/mol. The summed E-state index contributed by atoms with van der Waals surface area (Å²) >= 11 is 0. The highest BCUT2D eigenvalue weighted by Crippen LogP contribution is 2.43. The van der Waals surface area contributed by atoms with Gasteiger partial charge < -0.3 is 19.3 Å². The van der Waals surface area contributed by atoms with Gasteiger partial charge in [-0.1, -0.05) is 77.9 Å². The van der Waals surface area contributed by atoms with Crippen molar-refractivity contribution in [1.29, 1.82) is 0 Å². The molecule has 2 atom stereocenters. The molecule has 47 heavy (non-hydrogen) atoms. The van der Waals surface area contributed by atoms with E-state index in [9.17, 15) is 4.79 Å². The normalized spacial score (nSPS) is 16.8. The summed E-state index contributed by atoms with van der Waals surface area (Å²) in [6.07, 6.45) is 0.532. The molecule has 0 aromatic heterocycles. The molecule has 4 aromatic rings. The highest BCUT2D eigenvalue weighted by molar-refractivity contribution is 6.01. The maximum Gasteiger partial charge on any atom is 0.266 e. The Kier molecular flexibility index (Phi) is 11.4. The zero-order valence-corrected chi connectivity index (χ0v) is 26.2. The van der Waals surface area contributed by atoms with Crippen LogP contribution in [0.4, 0.5) is 0 Å². The predicted octanol–water partition coefficient (Wildman–Crippen LogP) is 5.63. The first kappa shape index (κ1) is 33.0. The van der Waals surface area contributed by atoms with Gasteiger partial charge in [0.15, 0.2) is 11.6 Å². The van der Waals surface area contributed by atoms with Gasteiger partial charge in [0.05, 0.1) is 20.3 Å². The van der Waals surface area contributed by atoms with E-state index in [1.165, 1.54) is 0 Å². The van der Waals surface area contributed by atoms with Gasteiger partial charge in [-0.15, -0.1) is 0 Å². The average molecular weight is 635 g/mol. The summed E-state index contributed by atoms with van der Waals surface area (Å²) in [5.41, 5.74) is 17.7. The van der Waals surface area contributed by atoms with E-state index in [1.807, 2.05) is 91.0 Å². The van der Waals surface area contributed by atoms with Crippen molar-refractivity contribution in [1.82, 2.24) is 10.9 Å². The number of rotatable bonds is 16. The van der Waals surface area contributed by atoms with Crippen LogP contribution >= 0.6 is 0 Å². The molecule has 242 valence electrons. The molecule has 0 saturated heterocycles. The molecule has 0 fully saturated rings. The van der Waals surface area contributed by atoms with Crippen molar-refractivity contribution in [2.75, 3.05) is 26.9 Å². The lowest BCUT2D eigenvalue weighted by Gasteiger charge is -2.31. The van der Waals surface area contributed by atoms with Gasteiger partial charge in [-0.05, 0) is 64.5 Å². The molecule has 3 N–H and O–H groups in total. The van der Waals surface area contributed by atoms with Crippen molar-refractivity contribution in [2.45, 2.75) is 37.5 Å². The molecular formula is C36H38N6O5. The lowest BCUT2D eigenvalue weighted by Crippen LogP contribution is -2.54. The van der Waals surface area contributed by atoms with Crippen molar-refractivity contribution in [3.8, 4) is 11.5 Å². The molecule has 0 aliphatic carbocycles. The first-order valence-corrected chi connectivity index (χ1v) is 15.5. The molecule has 0 radical (unpaired) electrons. The zero-order valence-electron chi connectivity index (χ0n) is 26.2. The van der Waals surface area contributed by atoms with Crippen molar-refractivity contribution in [2.24, 2.45) is 10.1 Å². The number of para-hydroxylation sites is 1. The summed E-state index contributed by atoms with van der Waals surface area (Å²) in [4.78, 5) is 22.5. The molecule has 11 nitrogen and oxygen atoms in total. The van der Waals surface area contributed by atoms with Crippen LogP contribution in [0.3, 0.4) is 0 Å². The second-order valence-electron chi connectivity index (χ2n) is 11.0. The van der Waals surface area contributed by atoms with Gasteiger partial charge in [0.2, 0.25) is 5.90 Å². The van der Waals surface area contributed by atoms with Crippen molar-refractivity contribution < 1.29 is 24.1 Å². The number of methoxy groups -OCH3 is 1. The van der Waals surface area contributed by atoms with Crippen molar-refractivity contribution in [3.63, 3.8) is 0 Å². The largest absolute Gasteiger partial charge is 0.496 e. The summed E-state index contributed by atoms with van der Waals surface area (Å²) < 4.78 is 17.8. The number of carbonyl (C=O) groups is 1. The molecule has 1 aliphatic heterocycles. The summed E-state index contributed by atoms with van der Waals surface area (Å²) in [5.74, 6) is 1.35. The van der Waals surface area contributed by atoms with Gasteiger partial charge in [-0.3, -0.25) is 10.2 Å². The number of azide groups is 1. The maximum absolute atomic E-state index is 14.5. The SMILES string of the molecule is COc1ccccc1CCNNC(=O)[C@@]1(Cc2ccccc2)N=C(c2ccc(OCCCO)cc2)O[C@H]1c1ccccc1CN=[N+]=[N-]. The summed E-state index contributed by atoms with van der Waals surface area (Å²) in [5, 5.41) is 12.9. The maximum atomic E-state index is 14.5. The summed E-state index contributed by atoms with van der Waals surface area (Å²) in [6.45, 7) is 0.969. The fourth-order valence-electron chi connectivity index (χ4n) is 5.57. The fourth-order valence-corrected chi connectivity index (χ4v) is 5.57. The van der Waals surface area contributed by atoms with Crippen molar-refractivity contribution in [3.05, 3.63) is 141 Å². The molecule has 0 saturated carbocycles. The van der Waals surface area contributed by atoms with Gasteiger partial charge >= 0.3 is 0 Å². The third kappa shape index (κ3) is 8.09. The first-order valence-electron chi connectivity index (χ1n) is 15.5. The summed E-state index contributed by atoms with van der Waals surface area (Å²) in [7, 11) is 1.63. The van der Waals surface area contributed by atoms with E-state index in [-0.39, 0.29) is 25.5 Å². The number of hydrazine groups is 1. The van der Waals surface area contributed by atoms with Crippen LogP contribution in [0.2, 0.25) is 0 Å². The average Bonchev–Trinajstić information content (AvgIpc) is 3.50. The Bertz CT molecular complexity index is 1710. The number of hydrogen-bond donors (Lipinski definition) is 3. The van der Waals surface area contributed by atoms with Gasteiger partial charge in [0.25, 0.3) is 5.91 Å². The highest BCUT2D eigenvalue weighted by atomic mass is 16.5. The molecule has 11 heteroatoms. The van der Waals surface area contributed by atoms with E-state index < -0.39 is 11.6 Å². The number of aliphatic imine (C=N–C) groups is 1. The molecule has 0 bridgehead atoms. The second kappa shape index (κ2) is 16.3. The van der Waals surface area contributed by atoms with Gasteiger partial charge in [0, 0.05) is 36.5 Å². The number of aliphatic hydroxyl groups is 1. The topological polar surface area (TPSA) is 150 Å². The van der Waals surface area contributed by atoms with Crippen LogP contribution in [0.25, 0.3) is 10.4 Å². The number of aliphatic hydroxyl groups excluding tert-OH is 1. The molecule has 0 spiro atoms. The smallest absolute Gasteiger partial charge is 0.266 e. The van der Waals surface area contributed by atoms with E-state index in [4.69, 9.17) is 29.8 Å². The molecule has 5 rings (SSSR count). The Morgan fingerprint density at radius 3 is 2.47 bits per heavy atom. The molecule has 1 amide bonds. The minimum Gasteiger partial charge on any atom is -0.496 e. The quantitative estimate of drug-likeness (QED) is 0.0478. The minimum absolute atomic E-state index is 0.0478. The van der Waals surface area contributed by atoms with E-state index in [2.05, 4.69) is 20.9 Å². The number of nitrogens with zero attached hydrogens (tertiary/aromatic N) is 4. The number of amides is 1. The summed E-state index contributed by atoms with van der Waals surface area (Å²) in [6, 6.07) is 32.2. The lowest BCUT2D eigenvalue weighted by atomic mass is 9.81. The van der Waals surface area contributed by atoms with Crippen molar-refractivity contribution >= 4 is 11.8 Å². The Balaban J connectivity index is 1.51. The highest BCUT2D eigenvalue weighted by Gasteiger charge is 2.53. The van der Waals surface area contributed by atoms with Gasteiger partial charge in [0.1, 0.15) is 11.5 Å². The van der Waals surface area contributed by atoms with Crippen LogP contribution in [0.1, 0.15) is 40.3 Å². The van der Waals surface area contributed by atoms with Crippen LogP contribution in [-0.4, -0.2) is 49.3 Å². The molecule has 0 unspecified atom stereocenters. The number of ether oxygens (including phenoxy) is 3. The van der Waals surface area contributed by atoms with Crippen LogP contribution in [-0.2, 0) is 28.9 Å². The zero-order chi connectivity index (χ0) is 32.9. The lowest BCUT2D eigenvalue weighted by molar-refractivity contribution is -0.130. The molecule has 1 aliphatic rings. The van der Waals surface area contributed by atoms with E-state index in [0.717, 1.165) is 22.4 Å². The fraction of sp³-hybridized carbons (Fsp3) is 0.278. The van der Waals surface area contributed by atoms with Crippen LogP contribution in [0.15, 0.2) is 113 Å². The van der Waals surface area contributed by atoms with Crippen LogP contribution < -0.4 is 20.3 Å². The van der Waals surface area contributed by atoms with E-state index in [0.29, 0.717) is 48.8 Å². The molecule has 4 aromatic carbocycles. The third-order valence-corrected chi connectivity index (χ3v) is 7.90. The van der Waals surface area contributed by atoms with E-state index in [1.54, 1.807) is 19.2 Å². The Labute approximate surface area is 273 Å².